The standard InChI is InChI=1S/C49H31NS2.C37H22O2.C34H16O2S/c1-49(2)38-15-7-6-12-32(38)33-23-22-31(26-39(33)49)50(29-10-4-3-5-11-29)30-20-18-28(19-21-30)37-27-43-48-45-35(14-9-17-41(45)52-43)34-13-8-16-40-44(34)47-42(51-40)25-24-36(37)46(47)48;1-37(2)26-14-11-19-12-15-30-36-32(19)35(26)33-25(24-7-5-9-29(39-30)34(24)36)16-21(17-27(33)37)20-10-13-23-22-6-3-4-8-28(22)38-31(23)18-20;1-2-6-23-20(4-1)21-11-8-18(16-26(21)35-23)19-12-15-28-34-30(19)22-5-3-7-24-31(22)32-25(36-24)13-9-17-10-14-27(37-28)33(34)29(17)32/h3-27H,1-2H3;3-18H,1-2H3;1-16H. The van der Waals surface area contributed by atoms with Gasteiger partial charge < -0.3 is 22.6 Å². The normalized spacial score (nSPS) is 13.8. The van der Waals surface area contributed by atoms with E-state index in [9.17, 15) is 0 Å². The second-order valence-electron chi connectivity index (χ2n) is 36.6. The Morgan fingerprint density at radius 1 is 0.195 bits per heavy atom. The monoisotopic (exact) mass is 1680 g/mol. The van der Waals surface area contributed by atoms with Crippen LogP contribution in [0.25, 0.3) is 270 Å². The van der Waals surface area contributed by atoms with Crippen molar-refractivity contribution in [3.05, 3.63) is 368 Å². The van der Waals surface area contributed by atoms with Gasteiger partial charge in [0, 0.05) is 148 Å². The number of hydrogen-bond donors (Lipinski definition) is 0. The van der Waals surface area contributed by atoms with Crippen LogP contribution in [0.5, 0.6) is 0 Å². The summed E-state index contributed by atoms with van der Waals surface area (Å²) in [6.07, 6.45) is 0. The lowest BCUT2D eigenvalue weighted by atomic mass is 9.80. The first-order valence-electron chi connectivity index (χ1n) is 44.1. The fraction of sp³-hybridized carbons (Fsp3) is 0.0500. The summed E-state index contributed by atoms with van der Waals surface area (Å²) < 4.78 is 33.5. The number of benzene rings is 20. The van der Waals surface area contributed by atoms with Gasteiger partial charge >= 0.3 is 0 Å². The van der Waals surface area contributed by atoms with E-state index in [1.54, 1.807) is 0 Å². The maximum atomic E-state index is 6.43. The molecule has 7 heterocycles. The van der Waals surface area contributed by atoms with Gasteiger partial charge in [-0.1, -0.05) is 228 Å². The van der Waals surface area contributed by atoms with Gasteiger partial charge in [0.05, 0.1) is 0 Å². The second kappa shape index (κ2) is 24.9. The van der Waals surface area contributed by atoms with E-state index < -0.39 is 0 Å². The molecular weight excluding hydrogens is 1620 g/mol. The predicted molar refractivity (Wildman–Crippen MR) is 543 cm³/mol. The molecule has 0 aliphatic heterocycles. The summed E-state index contributed by atoms with van der Waals surface area (Å²) in [5, 5.41) is 25.9. The second-order valence-corrected chi connectivity index (χ2v) is 39.8. The summed E-state index contributed by atoms with van der Waals surface area (Å²) in [6, 6.07) is 127. The highest BCUT2D eigenvalue weighted by Crippen LogP contribution is 2.63. The Morgan fingerprint density at radius 3 is 1.41 bits per heavy atom. The summed E-state index contributed by atoms with van der Waals surface area (Å²) in [4.78, 5) is 2.41. The minimum Gasteiger partial charge on any atom is -0.456 e. The minimum absolute atomic E-state index is 0.0668. The van der Waals surface area contributed by atoms with Crippen molar-refractivity contribution in [1.82, 2.24) is 0 Å². The van der Waals surface area contributed by atoms with Crippen LogP contribution in [0.15, 0.2) is 363 Å². The summed E-state index contributed by atoms with van der Waals surface area (Å²) >= 11 is 5.74. The van der Waals surface area contributed by atoms with E-state index >= 15 is 0 Å². The average Bonchev–Trinajstić information content (AvgIpc) is 1.52. The van der Waals surface area contributed by atoms with Crippen molar-refractivity contribution in [2.24, 2.45) is 0 Å². The van der Waals surface area contributed by atoms with E-state index in [0.717, 1.165) is 83.1 Å². The SMILES string of the molecule is CC1(C)c2cc(-c3ccc4c(c3)oc3ccccc34)cc3c2-c2c1ccc1ccc4oc5cccc-3c5c4c21.CC1(C)c2ccccc2-c2ccc(N(c3ccccc3)c3ccc(-c4cc5sc6cccc7c6c5c5c4ccc4sc6cccc-7c6c45)cc3)cc21.c1ccc2c(c1)oc1cc(-c3ccc4sc5ccc6ccc7oc8cccc9c8c7c6c5c4c3-9)ccc12. The highest BCUT2D eigenvalue weighted by molar-refractivity contribution is 7.27. The summed E-state index contributed by atoms with van der Waals surface area (Å²) in [5.41, 5.74) is 36.9. The fourth-order valence-corrected chi connectivity index (χ4v) is 27.2. The largest absolute Gasteiger partial charge is 0.456 e. The number of hydrogen-bond acceptors (Lipinski definition) is 8. The molecule has 0 amide bonds. The van der Waals surface area contributed by atoms with Crippen molar-refractivity contribution in [2.75, 3.05) is 4.90 Å². The summed E-state index contributed by atoms with van der Waals surface area (Å²) in [6.45, 7) is 9.46. The Balaban J connectivity index is 0.0000000949. The molecule has 7 aromatic heterocycles. The molecule has 596 valence electrons. The quantitative estimate of drug-likeness (QED) is 0.166. The number of thiophene rings is 3. The van der Waals surface area contributed by atoms with Crippen LogP contribution in [-0.4, -0.2) is 0 Å². The van der Waals surface area contributed by atoms with Gasteiger partial charge in [0.2, 0.25) is 0 Å². The Bertz CT molecular complexity index is 9760. The number of anilines is 3. The Morgan fingerprint density at radius 2 is 0.672 bits per heavy atom. The van der Waals surface area contributed by atoms with E-state index in [-0.39, 0.29) is 10.8 Å². The van der Waals surface area contributed by atoms with Gasteiger partial charge in [-0.15, -0.1) is 34.0 Å². The Hall–Kier alpha value is -15.2. The molecule has 5 aliphatic carbocycles. The van der Waals surface area contributed by atoms with Crippen LogP contribution in [0.2, 0.25) is 0 Å². The molecule has 0 spiro atoms. The minimum atomic E-state index is -0.121. The molecule has 32 rings (SSSR count). The smallest absolute Gasteiger partial charge is 0.136 e. The molecule has 0 saturated carbocycles. The molecule has 20 aromatic carbocycles. The first-order chi connectivity index (χ1) is 62.9. The van der Waals surface area contributed by atoms with E-state index in [1.165, 1.54) is 226 Å². The number of fused-ring (bicyclic) bond motifs is 12. The van der Waals surface area contributed by atoms with Gasteiger partial charge in [-0.3, -0.25) is 0 Å². The number of rotatable bonds is 6. The van der Waals surface area contributed by atoms with E-state index in [1.807, 2.05) is 58.3 Å². The third-order valence-electron chi connectivity index (χ3n) is 29.4. The molecule has 0 bridgehead atoms. The van der Waals surface area contributed by atoms with Crippen molar-refractivity contribution in [1.29, 1.82) is 0 Å². The van der Waals surface area contributed by atoms with E-state index in [2.05, 4.69) is 354 Å². The van der Waals surface area contributed by atoms with Gasteiger partial charge in [0.15, 0.2) is 0 Å². The number of para-hydroxylation sites is 3. The molecule has 0 fully saturated rings. The van der Waals surface area contributed by atoms with Gasteiger partial charge in [-0.2, -0.15) is 0 Å². The van der Waals surface area contributed by atoms with Crippen LogP contribution >= 0.6 is 34.0 Å². The summed E-state index contributed by atoms with van der Waals surface area (Å²) in [7, 11) is 0. The van der Waals surface area contributed by atoms with Gasteiger partial charge in [-0.25, -0.2) is 0 Å². The molecule has 5 aliphatic rings. The molecule has 0 atom stereocenters. The van der Waals surface area contributed by atoms with Crippen LogP contribution in [0.1, 0.15) is 49.9 Å². The predicted octanol–water partition coefficient (Wildman–Crippen LogP) is 36.2. The zero-order valence-corrected chi connectivity index (χ0v) is 72.2. The highest BCUT2D eigenvalue weighted by Gasteiger charge is 2.42. The Kier molecular flexibility index (Phi) is 13.7. The molecule has 0 unspecified atom stereocenters. The highest BCUT2D eigenvalue weighted by atomic mass is 32.1. The topological polar surface area (TPSA) is 55.8 Å². The van der Waals surface area contributed by atoms with Crippen LogP contribution in [0.4, 0.5) is 17.1 Å². The first kappa shape index (κ1) is 70.2. The van der Waals surface area contributed by atoms with Crippen molar-refractivity contribution < 1.29 is 17.7 Å². The zero-order valence-electron chi connectivity index (χ0n) is 69.7. The van der Waals surface area contributed by atoms with E-state index in [0.29, 0.717) is 0 Å². The van der Waals surface area contributed by atoms with Crippen LogP contribution < -0.4 is 4.90 Å². The van der Waals surface area contributed by atoms with Crippen LogP contribution in [-0.2, 0) is 10.8 Å². The van der Waals surface area contributed by atoms with Crippen molar-refractivity contribution in [2.45, 2.75) is 38.5 Å². The fourth-order valence-electron chi connectivity index (χ4n) is 23.7. The lowest BCUT2D eigenvalue weighted by Crippen LogP contribution is -2.16. The van der Waals surface area contributed by atoms with Crippen LogP contribution in [0, 0.1) is 0 Å². The third-order valence-corrected chi connectivity index (χ3v) is 32.7. The van der Waals surface area contributed by atoms with Crippen molar-refractivity contribution >= 4 is 232 Å². The molecule has 27 aromatic rings. The number of nitrogens with zero attached hydrogens (tertiary/aromatic N) is 1. The molecule has 0 saturated heterocycles. The van der Waals surface area contributed by atoms with Crippen LogP contribution in [0.3, 0.4) is 0 Å². The summed E-state index contributed by atoms with van der Waals surface area (Å²) in [5.74, 6) is 0. The van der Waals surface area contributed by atoms with Crippen molar-refractivity contribution in [3.8, 4) is 89.0 Å². The lowest BCUT2D eigenvalue weighted by Gasteiger charge is -2.28. The first-order valence-corrected chi connectivity index (χ1v) is 46.6. The van der Waals surface area contributed by atoms with E-state index in [4.69, 9.17) is 17.7 Å². The molecule has 0 N–H and O–H groups in total. The average molecular weight is 1690 g/mol. The lowest BCUT2D eigenvalue weighted by molar-refractivity contribution is 0.660. The Labute approximate surface area is 744 Å². The maximum absolute atomic E-state index is 6.43. The molecule has 128 heavy (non-hydrogen) atoms. The maximum Gasteiger partial charge on any atom is 0.136 e. The van der Waals surface area contributed by atoms with Gasteiger partial charge in [0.25, 0.3) is 0 Å². The number of furan rings is 4. The van der Waals surface area contributed by atoms with Gasteiger partial charge in [-0.05, 0) is 273 Å². The molecule has 5 nitrogen and oxygen atoms in total. The molecule has 8 heteroatoms. The molecular formula is C120H69NO4S3. The zero-order chi connectivity index (χ0) is 83.7. The third kappa shape index (κ3) is 9.22. The van der Waals surface area contributed by atoms with Gasteiger partial charge in [0.1, 0.15) is 44.7 Å². The van der Waals surface area contributed by atoms with Crippen molar-refractivity contribution in [3.63, 3.8) is 0 Å². The molecule has 0 radical (unpaired) electrons.